The second-order valence-corrected chi connectivity index (χ2v) is 5.11. The Bertz CT molecular complexity index is 407. The monoisotopic (exact) mass is 250 g/mol. The summed E-state index contributed by atoms with van der Waals surface area (Å²) < 4.78 is 0. The first-order valence-electron chi connectivity index (χ1n) is 5.81. The molecule has 1 rings (SSSR count). The van der Waals surface area contributed by atoms with E-state index in [1.165, 1.54) is 0 Å². The number of aliphatic hydroxyl groups excluding tert-OH is 1. The van der Waals surface area contributed by atoms with Crippen LogP contribution in [0.15, 0.2) is 36.1 Å². The van der Waals surface area contributed by atoms with E-state index in [9.17, 15) is 5.11 Å². The minimum Gasteiger partial charge on any atom is -0.511 e. The van der Waals surface area contributed by atoms with Crippen molar-refractivity contribution in [1.29, 1.82) is 0 Å². The summed E-state index contributed by atoms with van der Waals surface area (Å²) in [5, 5.41) is 17.4. The van der Waals surface area contributed by atoms with Gasteiger partial charge in [0.15, 0.2) is 0 Å². The molecule has 0 heterocycles. The number of aliphatic hydroxyl groups is 1. The maximum absolute atomic E-state index is 9.99. The van der Waals surface area contributed by atoms with Crippen LogP contribution in [0.3, 0.4) is 0 Å². The smallest absolute Gasteiger partial charge is 0.300 e. The molecule has 0 bridgehead atoms. The van der Waals surface area contributed by atoms with Gasteiger partial charge in [-0.05, 0) is 18.1 Å². The van der Waals surface area contributed by atoms with Gasteiger partial charge in [0.2, 0.25) is 0 Å². The Balaban J connectivity index is 0.000000631. The number of hydrogen-bond donors (Lipinski definition) is 2. The zero-order valence-corrected chi connectivity index (χ0v) is 11.7. The minimum atomic E-state index is -0.833. The van der Waals surface area contributed by atoms with Crippen LogP contribution in [-0.2, 0) is 4.79 Å². The van der Waals surface area contributed by atoms with Gasteiger partial charge in [-0.1, -0.05) is 51.1 Å². The highest BCUT2D eigenvalue weighted by Gasteiger charge is 2.18. The fraction of sp³-hybridized carbons (Fsp3) is 0.400. The first-order chi connectivity index (χ1) is 8.16. The van der Waals surface area contributed by atoms with Gasteiger partial charge in [-0.2, -0.15) is 0 Å². The van der Waals surface area contributed by atoms with E-state index in [1.54, 1.807) is 0 Å². The molecule has 0 atom stereocenters. The summed E-state index contributed by atoms with van der Waals surface area (Å²) >= 11 is 0. The third kappa shape index (κ3) is 6.09. The summed E-state index contributed by atoms with van der Waals surface area (Å²) in [7, 11) is 0. The molecule has 1 aromatic rings. The van der Waals surface area contributed by atoms with Crippen molar-refractivity contribution in [2.75, 3.05) is 0 Å². The molecule has 0 aromatic heterocycles. The van der Waals surface area contributed by atoms with Gasteiger partial charge in [0.25, 0.3) is 5.97 Å². The summed E-state index contributed by atoms with van der Waals surface area (Å²) in [5.74, 6) is -0.372. The fourth-order valence-corrected chi connectivity index (χ4v) is 1.39. The van der Waals surface area contributed by atoms with Crippen molar-refractivity contribution in [3.63, 3.8) is 0 Å². The normalized spacial score (nSPS) is 12.1. The van der Waals surface area contributed by atoms with Crippen molar-refractivity contribution in [2.24, 2.45) is 5.41 Å². The van der Waals surface area contributed by atoms with Crippen LogP contribution >= 0.6 is 0 Å². The lowest BCUT2D eigenvalue weighted by Crippen LogP contribution is -2.10. The van der Waals surface area contributed by atoms with E-state index in [2.05, 4.69) is 0 Å². The molecule has 0 aliphatic carbocycles. The van der Waals surface area contributed by atoms with Crippen molar-refractivity contribution in [2.45, 2.75) is 34.6 Å². The maximum Gasteiger partial charge on any atom is 0.300 e. The highest BCUT2D eigenvalue weighted by Crippen LogP contribution is 2.29. The molecular formula is C15H22O3. The molecule has 18 heavy (non-hydrogen) atoms. The molecule has 0 fully saturated rings. The third-order valence-corrected chi connectivity index (χ3v) is 2.27. The molecule has 3 heteroatoms. The van der Waals surface area contributed by atoms with Crippen molar-refractivity contribution >= 4 is 11.5 Å². The Morgan fingerprint density at radius 3 is 1.72 bits per heavy atom. The van der Waals surface area contributed by atoms with Crippen LogP contribution in [0.5, 0.6) is 0 Å². The first kappa shape index (κ1) is 16.2. The molecule has 0 saturated carbocycles. The van der Waals surface area contributed by atoms with E-state index in [4.69, 9.17) is 9.90 Å². The number of hydrogen-bond acceptors (Lipinski definition) is 2. The van der Waals surface area contributed by atoms with E-state index >= 15 is 0 Å². The van der Waals surface area contributed by atoms with Crippen LogP contribution in [-0.4, -0.2) is 16.2 Å². The molecule has 0 amide bonds. The number of allylic oxidation sites excluding steroid dienone is 2. The molecule has 0 saturated heterocycles. The van der Waals surface area contributed by atoms with Crippen LogP contribution in [0.25, 0.3) is 5.57 Å². The lowest BCUT2D eigenvalue weighted by Gasteiger charge is -2.20. The predicted molar refractivity (Wildman–Crippen MR) is 74.4 cm³/mol. The highest BCUT2D eigenvalue weighted by molar-refractivity contribution is 5.66. The Hall–Kier alpha value is -1.77. The summed E-state index contributed by atoms with van der Waals surface area (Å²) in [6.07, 6.45) is 0. The van der Waals surface area contributed by atoms with Gasteiger partial charge in [0.1, 0.15) is 5.76 Å². The summed E-state index contributed by atoms with van der Waals surface area (Å²) in [5.41, 5.74) is 1.86. The Morgan fingerprint density at radius 2 is 1.39 bits per heavy atom. The van der Waals surface area contributed by atoms with Crippen LogP contribution in [0.2, 0.25) is 0 Å². The SMILES string of the molecule is CC(=C(O)C(C)(C)C)c1ccccc1.CC(=O)O. The van der Waals surface area contributed by atoms with Crippen LogP contribution in [0.1, 0.15) is 40.2 Å². The van der Waals surface area contributed by atoms with Crippen molar-refractivity contribution < 1.29 is 15.0 Å². The summed E-state index contributed by atoms with van der Waals surface area (Å²) in [4.78, 5) is 9.00. The Labute approximate surface area is 109 Å². The number of carbonyl (C=O) groups is 1. The van der Waals surface area contributed by atoms with E-state index < -0.39 is 5.97 Å². The van der Waals surface area contributed by atoms with E-state index in [1.807, 2.05) is 58.0 Å². The van der Waals surface area contributed by atoms with E-state index in [-0.39, 0.29) is 5.41 Å². The highest BCUT2D eigenvalue weighted by atomic mass is 16.4. The van der Waals surface area contributed by atoms with Crippen LogP contribution in [0.4, 0.5) is 0 Å². The number of carboxylic acid groups (broad SMARTS) is 1. The Morgan fingerprint density at radius 1 is 1.00 bits per heavy atom. The van der Waals surface area contributed by atoms with Gasteiger partial charge in [-0.15, -0.1) is 0 Å². The molecule has 100 valence electrons. The number of aliphatic carboxylic acids is 1. The molecule has 3 nitrogen and oxygen atoms in total. The number of rotatable bonds is 1. The lowest BCUT2D eigenvalue weighted by molar-refractivity contribution is -0.134. The standard InChI is InChI=1S/C13H18O.C2H4O2/c1-10(12(14)13(2,3)4)11-8-6-5-7-9-11;1-2(3)4/h5-9,14H,1-4H3;1H3,(H,3,4). The molecule has 0 aliphatic rings. The van der Waals surface area contributed by atoms with Gasteiger partial charge in [0, 0.05) is 12.3 Å². The number of carboxylic acids is 1. The first-order valence-corrected chi connectivity index (χ1v) is 5.81. The molecular weight excluding hydrogens is 228 g/mol. The quantitative estimate of drug-likeness (QED) is 0.737. The fourth-order valence-electron chi connectivity index (χ4n) is 1.39. The van der Waals surface area contributed by atoms with Gasteiger partial charge >= 0.3 is 0 Å². The molecule has 0 radical (unpaired) electrons. The average Bonchev–Trinajstić information content (AvgIpc) is 2.26. The van der Waals surface area contributed by atoms with Gasteiger partial charge in [-0.3, -0.25) is 4.79 Å². The topological polar surface area (TPSA) is 57.5 Å². The van der Waals surface area contributed by atoms with Gasteiger partial charge < -0.3 is 10.2 Å². The molecule has 2 N–H and O–H groups in total. The van der Waals surface area contributed by atoms with Crippen molar-refractivity contribution in [3.05, 3.63) is 41.7 Å². The molecule has 0 spiro atoms. The maximum atomic E-state index is 9.99. The minimum absolute atomic E-state index is 0.181. The lowest BCUT2D eigenvalue weighted by atomic mass is 9.89. The zero-order valence-electron chi connectivity index (χ0n) is 11.7. The summed E-state index contributed by atoms with van der Waals surface area (Å²) in [6, 6.07) is 9.96. The van der Waals surface area contributed by atoms with E-state index in [0.29, 0.717) is 5.76 Å². The van der Waals surface area contributed by atoms with Crippen molar-refractivity contribution in [3.8, 4) is 0 Å². The van der Waals surface area contributed by atoms with Gasteiger partial charge in [-0.25, -0.2) is 0 Å². The second kappa shape index (κ2) is 6.84. The molecule has 1 aromatic carbocycles. The van der Waals surface area contributed by atoms with Gasteiger partial charge in [0.05, 0.1) is 0 Å². The van der Waals surface area contributed by atoms with Crippen LogP contribution < -0.4 is 0 Å². The molecule has 0 aliphatic heterocycles. The predicted octanol–water partition coefficient (Wildman–Crippen LogP) is 4.11. The largest absolute Gasteiger partial charge is 0.511 e. The third-order valence-electron chi connectivity index (χ3n) is 2.27. The Kier molecular flexibility index (Phi) is 6.17. The number of benzene rings is 1. The summed E-state index contributed by atoms with van der Waals surface area (Å²) in [6.45, 7) is 9.06. The van der Waals surface area contributed by atoms with E-state index in [0.717, 1.165) is 18.1 Å². The van der Waals surface area contributed by atoms with Crippen LogP contribution in [0, 0.1) is 5.41 Å². The molecule has 0 unspecified atom stereocenters. The zero-order chi connectivity index (χ0) is 14.3. The average molecular weight is 250 g/mol. The second-order valence-electron chi connectivity index (χ2n) is 5.11. The van der Waals surface area contributed by atoms with Crippen molar-refractivity contribution in [1.82, 2.24) is 0 Å².